The predicted octanol–water partition coefficient (Wildman–Crippen LogP) is -1.13. The topological polar surface area (TPSA) is 81.1 Å². The van der Waals surface area contributed by atoms with Crippen LogP contribution >= 0.6 is 0 Å². The SMILES string of the molecule is NC(=O)CS(=O)(=O)CC[n+]1ccccc1. The molecule has 0 aromatic carbocycles. The van der Waals surface area contributed by atoms with E-state index in [0.717, 1.165) is 0 Å². The number of nitrogens with two attached hydrogens (primary N) is 1. The van der Waals surface area contributed by atoms with Crippen LogP contribution in [-0.2, 0) is 21.2 Å². The lowest BCUT2D eigenvalue weighted by molar-refractivity contribution is -0.692. The molecule has 1 aromatic rings. The molecule has 1 aromatic heterocycles. The third-order valence-electron chi connectivity index (χ3n) is 1.80. The van der Waals surface area contributed by atoms with Gasteiger partial charge in [-0.15, -0.1) is 0 Å². The van der Waals surface area contributed by atoms with E-state index in [1.807, 2.05) is 6.07 Å². The first-order valence-electron chi connectivity index (χ1n) is 4.42. The Morgan fingerprint density at radius 1 is 1.20 bits per heavy atom. The number of primary amides is 1. The molecule has 0 spiro atoms. The highest BCUT2D eigenvalue weighted by molar-refractivity contribution is 7.92. The van der Waals surface area contributed by atoms with E-state index in [1.165, 1.54) is 0 Å². The van der Waals surface area contributed by atoms with Gasteiger partial charge in [0.15, 0.2) is 28.8 Å². The Bertz CT molecular complexity index is 428. The molecular formula is C9H13N2O3S+. The molecule has 0 aliphatic carbocycles. The fraction of sp³-hybridized carbons (Fsp3) is 0.333. The Morgan fingerprint density at radius 3 is 2.33 bits per heavy atom. The highest BCUT2D eigenvalue weighted by atomic mass is 32.2. The average Bonchev–Trinajstić information content (AvgIpc) is 2.15. The van der Waals surface area contributed by atoms with E-state index in [0.29, 0.717) is 6.54 Å². The van der Waals surface area contributed by atoms with Gasteiger partial charge >= 0.3 is 0 Å². The van der Waals surface area contributed by atoms with Crippen molar-refractivity contribution in [2.75, 3.05) is 11.5 Å². The summed E-state index contributed by atoms with van der Waals surface area (Å²) in [5.74, 6) is -1.47. The summed E-state index contributed by atoms with van der Waals surface area (Å²) in [6.07, 6.45) is 3.53. The zero-order valence-corrected chi connectivity index (χ0v) is 8.98. The minimum Gasteiger partial charge on any atom is -0.369 e. The van der Waals surface area contributed by atoms with Gasteiger partial charge in [0, 0.05) is 12.1 Å². The van der Waals surface area contributed by atoms with Crippen molar-refractivity contribution in [3.05, 3.63) is 30.6 Å². The number of pyridine rings is 1. The molecule has 0 atom stereocenters. The molecule has 1 rings (SSSR count). The van der Waals surface area contributed by atoms with Crippen LogP contribution in [0, 0.1) is 0 Å². The van der Waals surface area contributed by atoms with Crippen LogP contribution in [-0.4, -0.2) is 25.8 Å². The number of sulfone groups is 1. The van der Waals surface area contributed by atoms with E-state index in [1.54, 1.807) is 29.1 Å². The van der Waals surface area contributed by atoms with Crippen molar-refractivity contribution in [1.82, 2.24) is 0 Å². The van der Waals surface area contributed by atoms with Gasteiger partial charge in [0.2, 0.25) is 5.91 Å². The number of rotatable bonds is 5. The molecule has 0 radical (unpaired) electrons. The lowest BCUT2D eigenvalue weighted by Crippen LogP contribution is -2.37. The first-order valence-corrected chi connectivity index (χ1v) is 6.24. The third kappa shape index (κ3) is 4.55. The van der Waals surface area contributed by atoms with E-state index in [2.05, 4.69) is 0 Å². The van der Waals surface area contributed by atoms with Gasteiger partial charge in [0.25, 0.3) is 0 Å². The fourth-order valence-electron chi connectivity index (χ4n) is 1.12. The first kappa shape index (κ1) is 11.6. The van der Waals surface area contributed by atoms with Gasteiger partial charge in [0.05, 0.1) is 0 Å². The number of amides is 1. The van der Waals surface area contributed by atoms with Crippen molar-refractivity contribution in [3.8, 4) is 0 Å². The summed E-state index contributed by atoms with van der Waals surface area (Å²) < 4.78 is 24.3. The van der Waals surface area contributed by atoms with E-state index in [-0.39, 0.29) is 5.75 Å². The average molecular weight is 229 g/mol. The number of hydrogen-bond acceptors (Lipinski definition) is 3. The molecule has 15 heavy (non-hydrogen) atoms. The van der Waals surface area contributed by atoms with Gasteiger partial charge in [0.1, 0.15) is 11.5 Å². The Labute approximate surface area is 88.4 Å². The van der Waals surface area contributed by atoms with Crippen LogP contribution in [0.2, 0.25) is 0 Å². The van der Waals surface area contributed by atoms with Crippen molar-refractivity contribution in [3.63, 3.8) is 0 Å². The van der Waals surface area contributed by atoms with E-state index in [4.69, 9.17) is 5.73 Å². The van der Waals surface area contributed by atoms with Crippen LogP contribution in [0.15, 0.2) is 30.6 Å². The molecule has 0 saturated carbocycles. The van der Waals surface area contributed by atoms with Gasteiger partial charge in [-0.2, -0.15) is 0 Å². The maximum atomic E-state index is 11.3. The molecule has 2 N–H and O–H groups in total. The molecule has 5 nitrogen and oxygen atoms in total. The van der Waals surface area contributed by atoms with Crippen LogP contribution in [0.3, 0.4) is 0 Å². The van der Waals surface area contributed by atoms with Crippen molar-refractivity contribution in [1.29, 1.82) is 0 Å². The van der Waals surface area contributed by atoms with Crippen LogP contribution in [0.25, 0.3) is 0 Å². The highest BCUT2D eigenvalue weighted by Gasteiger charge is 2.16. The number of carbonyl (C=O) groups excluding carboxylic acids is 1. The fourth-order valence-corrected chi connectivity index (χ4v) is 2.18. The lowest BCUT2D eigenvalue weighted by Gasteiger charge is -1.98. The number of hydrogen-bond donors (Lipinski definition) is 1. The molecule has 6 heteroatoms. The highest BCUT2D eigenvalue weighted by Crippen LogP contribution is 1.89. The van der Waals surface area contributed by atoms with Crippen LogP contribution in [0.5, 0.6) is 0 Å². The molecule has 0 aliphatic rings. The maximum absolute atomic E-state index is 11.3. The summed E-state index contributed by atoms with van der Waals surface area (Å²) in [5, 5.41) is 0. The van der Waals surface area contributed by atoms with Crippen molar-refractivity contribution >= 4 is 15.7 Å². The lowest BCUT2D eigenvalue weighted by atomic mass is 10.5. The normalized spacial score (nSPS) is 11.2. The molecule has 0 saturated heterocycles. The maximum Gasteiger partial charge on any atom is 0.232 e. The summed E-state index contributed by atoms with van der Waals surface area (Å²) in [7, 11) is -3.37. The van der Waals surface area contributed by atoms with Crippen molar-refractivity contribution in [2.24, 2.45) is 5.73 Å². The second kappa shape index (κ2) is 4.88. The molecule has 1 amide bonds. The third-order valence-corrected chi connectivity index (χ3v) is 3.33. The Balaban J connectivity index is 2.54. The summed E-state index contributed by atoms with van der Waals surface area (Å²) >= 11 is 0. The number of nitrogens with zero attached hydrogens (tertiary/aromatic N) is 1. The zero-order valence-electron chi connectivity index (χ0n) is 8.17. The molecule has 82 valence electrons. The van der Waals surface area contributed by atoms with Crippen LogP contribution < -0.4 is 10.3 Å². The molecular weight excluding hydrogens is 216 g/mol. The first-order chi connectivity index (χ1) is 6.99. The summed E-state index contributed by atoms with van der Waals surface area (Å²) in [4.78, 5) is 10.5. The quantitative estimate of drug-likeness (QED) is 0.649. The predicted molar refractivity (Wildman–Crippen MR) is 54.5 cm³/mol. The van der Waals surface area contributed by atoms with Gasteiger partial charge in [-0.1, -0.05) is 6.07 Å². The molecule has 0 unspecified atom stereocenters. The second-order valence-corrected chi connectivity index (χ2v) is 5.36. The Morgan fingerprint density at radius 2 is 1.80 bits per heavy atom. The molecule has 0 fully saturated rings. The largest absolute Gasteiger partial charge is 0.369 e. The molecule has 0 aliphatic heterocycles. The summed E-state index contributed by atoms with van der Waals surface area (Å²) in [5.41, 5.74) is 4.82. The van der Waals surface area contributed by atoms with E-state index in [9.17, 15) is 13.2 Å². The Kier molecular flexibility index (Phi) is 3.79. The summed E-state index contributed by atoms with van der Waals surface area (Å²) in [6, 6.07) is 5.45. The number of aromatic nitrogens is 1. The minimum atomic E-state index is -3.37. The number of carbonyl (C=O) groups is 1. The van der Waals surface area contributed by atoms with Crippen LogP contribution in [0.1, 0.15) is 0 Å². The minimum absolute atomic E-state index is 0.0788. The summed E-state index contributed by atoms with van der Waals surface area (Å²) in [6.45, 7) is 0.330. The van der Waals surface area contributed by atoms with E-state index < -0.39 is 21.5 Å². The van der Waals surface area contributed by atoms with Gasteiger partial charge < -0.3 is 5.73 Å². The van der Waals surface area contributed by atoms with Gasteiger partial charge in [-0.05, 0) is 0 Å². The van der Waals surface area contributed by atoms with Crippen molar-refractivity contribution < 1.29 is 17.8 Å². The second-order valence-electron chi connectivity index (χ2n) is 3.17. The van der Waals surface area contributed by atoms with Crippen LogP contribution in [0.4, 0.5) is 0 Å². The van der Waals surface area contributed by atoms with Gasteiger partial charge in [-0.25, -0.2) is 13.0 Å². The smallest absolute Gasteiger partial charge is 0.232 e. The Hall–Kier alpha value is -1.43. The van der Waals surface area contributed by atoms with Crippen molar-refractivity contribution in [2.45, 2.75) is 6.54 Å². The molecule has 1 heterocycles. The molecule has 0 bridgehead atoms. The van der Waals surface area contributed by atoms with E-state index >= 15 is 0 Å². The zero-order chi connectivity index (χ0) is 11.3. The monoisotopic (exact) mass is 229 g/mol. The number of aryl methyl sites for hydroxylation is 1. The van der Waals surface area contributed by atoms with Gasteiger partial charge in [-0.3, -0.25) is 4.79 Å². The standard InChI is InChI=1S/C9H12N2O3S/c10-9(12)8-15(13,14)7-6-11-4-2-1-3-5-11/h1-5H,6-8H2,(H-,10,12)/p+1.